The molecule has 0 atom stereocenters. The van der Waals surface area contributed by atoms with Gasteiger partial charge in [0.2, 0.25) is 0 Å². The minimum atomic E-state index is -0.358. The Morgan fingerprint density at radius 1 is 0.912 bits per heavy atom. The number of para-hydroxylation sites is 1. The molecule has 4 rings (SSSR count). The van der Waals surface area contributed by atoms with Gasteiger partial charge in [0, 0.05) is 40.3 Å². The maximum atomic E-state index is 13.2. The van der Waals surface area contributed by atoms with Crippen molar-refractivity contribution in [1.29, 1.82) is 0 Å². The molecule has 0 saturated carbocycles. The van der Waals surface area contributed by atoms with E-state index in [-0.39, 0.29) is 11.4 Å². The number of carbonyl (C=O) groups excluding carboxylic acids is 1. The standard InChI is InChI=1S/C29H32N4O/c1-5-6-10-22-15-13-21(18-30-22)20-14-16-26-24(17-20)27(32-23-11-8-7-9-12-23)25(19-31-26)28(34)33-29(2,3)4/h7-9,11-19H,5-6,10H2,1-4H3,(H,31,32)(H,33,34). The van der Waals surface area contributed by atoms with Crippen LogP contribution in [0.5, 0.6) is 0 Å². The van der Waals surface area contributed by atoms with Gasteiger partial charge in [0.05, 0.1) is 16.8 Å². The Labute approximate surface area is 201 Å². The third-order valence-electron chi connectivity index (χ3n) is 5.59. The number of aromatic nitrogens is 2. The van der Waals surface area contributed by atoms with Gasteiger partial charge in [-0.15, -0.1) is 0 Å². The molecule has 2 N–H and O–H groups in total. The van der Waals surface area contributed by atoms with E-state index in [0.29, 0.717) is 5.56 Å². The van der Waals surface area contributed by atoms with E-state index in [0.717, 1.165) is 58.4 Å². The van der Waals surface area contributed by atoms with Crippen LogP contribution >= 0.6 is 0 Å². The number of benzene rings is 2. The van der Waals surface area contributed by atoms with Crippen LogP contribution in [0.2, 0.25) is 0 Å². The lowest BCUT2D eigenvalue weighted by molar-refractivity contribution is 0.0920. The summed E-state index contributed by atoms with van der Waals surface area (Å²) in [7, 11) is 0. The Morgan fingerprint density at radius 3 is 2.35 bits per heavy atom. The molecule has 34 heavy (non-hydrogen) atoms. The molecule has 1 amide bonds. The lowest BCUT2D eigenvalue weighted by atomic mass is 10.0. The number of fused-ring (bicyclic) bond motifs is 1. The second-order valence-electron chi connectivity index (χ2n) is 9.62. The summed E-state index contributed by atoms with van der Waals surface area (Å²) in [5, 5.41) is 7.43. The average Bonchev–Trinajstić information content (AvgIpc) is 2.82. The molecule has 0 bridgehead atoms. The number of aryl methyl sites for hydroxylation is 1. The summed E-state index contributed by atoms with van der Waals surface area (Å²) in [6, 6.07) is 20.2. The van der Waals surface area contributed by atoms with Gasteiger partial charge < -0.3 is 10.6 Å². The van der Waals surface area contributed by atoms with Crippen LogP contribution in [0.4, 0.5) is 11.4 Å². The van der Waals surface area contributed by atoms with Gasteiger partial charge in [0.1, 0.15) is 0 Å². The van der Waals surface area contributed by atoms with Gasteiger partial charge >= 0.3 is 0 Å². The molecule has 5 nitrogen and oxygen atoms in total. The monoisotopic (exact) mass is 452 g/mol. The number of amides is 1. The maximum absolute atomic E-state index is 13.2. The Morgan fingerprint density at radius 2 is 1.68 bits per heavy atom. The van der Waals surface area contributed by atoms with Crippen molar-refractivity contribution in [3.8, 4) is 11.1 Å². The third kappa shape index (κ3) is 5.60. The van der Waals surface area contributed by atoms with Crippen molar-refractivity contribution in [2.75, 3.05) is 5.32 Å². The highest BCUT2D eigenvalue weighted by Gasteiger charge is 2.21. The van der Waals surface area contributed by atoms with Crippen LogP contribution in [0.1, 0.15) is 56.6 Å². The van der Waals surface area contributed by atoms with Gasteiger partial charge in [0.25, 0.3) is 5.91 Å². The van der Waals surface area contributed by atoms with E-state index < -0.39 is 0 Å². The second-order valence-corrected chi connectivity index (χ2v) is 9.62. The van der Waals surface area contributed by atoms with Gasteiger partial charge in [0.15, 0.2) is 0 Å². The van der Waals surface area contributed by atoms with Crippen molar-refractivity contribution in [3.05, 3.63) is 84.3 Å². The minimum Gasteiger partial charge on any atom is -0.354 e. The van der Waals surface area contributed by atoms with Gasteiger partial charge in [-0.2, -0.15) is 0 Å². The van der Waals surface area contributed by atoms with Gasteiger partial charge in [-0.1, -0.05) is 43.7 Å². The van der Waals surface area contributed by atoms with E-state index >= 15 is 0 Å². The van der Waals surface area contributed by atoms with Crippen LogP contribution in [0.25, 0.3) is 22.0 Å². The molecule has 0 radical (unpaired) electrons. The first-order valence-corrected chi connectivity index (χ1v) is 11.9. The fraction of sp³-hybridized carbons (Fsp3) is 0.276. The van der Waals surface area contributed by atoms with Crippen LogP contribution < -0.4 is 10.6 Å². The summed E-state index contributed by atoms with van der Waals surface area (Å²) in [6.45, 7) is 8.10. The molecule has 5 heteroatoms. The van der Waals surface area contributed by atoms with Crippen LogP contribution in [0.3, 0.4) is 0 Å². The molecule has 2 aromatic heterocycles. The van der Waals surface area contributed by atoms with E-state index in [1.807, 2.05) is 63.4 Å². The largest absolute Gasteiger partial charge is 0.354 e. The highest BCUT2D eigenvalue weighted by Crippen LogP contribution is 2.33. The van der Waals surface area contributed by atoms with E-state index in [4.69, 9.17) is 0 Å². The van der Waals surface area contributed by atoms with Crippen molar-refractivity contribution >= 4 is 28.2 Å². The smallest absolute Gasteiger partial charge is 0.255 e. The summed E-state index contributed by atoms with van der Waals surface area (Å²) >= 11 is 0. The normalized spacial score (nSPS) is 11.4. The van der Waals surface area contributed by atoms with Crippen LogP contribution in [0, 0.1) is 0 Å². The quantitative estimate of drug-likeness (QED) is 0.320. The molecule has 0 fully saturated rings. The lowest BCUT2D eigenvalue weighted by Gasteiger charge is -2.22. The van der Waals surface area contributed by atoms with Crippen molar-refractivity contribution in [2.24, 2.45) is 0 Å². The Kier molecular flexibility index (Phi) is 6.92. The number of rotatable bonds is 7. The third-order valence-corrected chi connectivity index (χ3v) is 5.59. The zero-order chi connectivity index (χ0) is 24.1. The number of hydrogen-bond donors (Lipinski definition) is 2. The summed E-state index contributed by atoms with van der Waals surface area (Å²) in [6.07, 6.45) is 6.87. The van der Waals surface area contributed by atoms with Gasteiger partial charge in [-0.3, -0.25) is 14.8 Å². The first kappa shape index (κ1) is 23.4. The highest BCUT2D eigenvalue weighted by molar-refractivity contribution is 6.09. The molecular weight excluding hydrogens is 420 g/mol. The molecule has 0 aliphatic carbocycles. The van der Waals surface area contributed by atoms with Crippen molar-refractivity contribution in [2.45, 2.75) is 52.5 Å². The molecule has 0 aliphatic heterocycles. The Hall–Kier alpha value is -3.73. The predicted molar refractivity (Wildman–Crippen MR) is 141 cm³/mol. The predicted octanol–water partition coefficient (Wildman–Crippen LogP) is 6.91. The number of nitrogens with one attached hydrogen (secondary N) is 2. The topological polar surface area (TPSA) is 66.9 Å². The van der Waals surface area contributed by atoms with E-state index in [1.54, 1.807) is 6.20 Å². The molecule has 0 spiro atoms. The van der Waals surface area contributed by atoms with Gasteiger partial charge in [-0.05, 0) is 69.5 Å². The average molecular weight is 453 g/mol. The van der Waals surface area contributed by atoms with E-state index in [9.17, 15) is 4.79 Å². The lowest BCUT2D eigenvalue weighted by Crippen LogP contribution is -2.40. The molecule has 2 aromatic carbocycles. The molecular formula is C29H32N4O. The summed E-state index contributed by atoms with van der Waals surface area (Å²) in [5.74, 6) is -0.160. The Balaban J connectivity index is 1.80. The number of nitrogens with zero attached hydrogens (tertiary/aromatic N) is 2. The SMILES string of the molecule is CCCCc1ccc(-c2ccc3ncc(C(=O)NC(C)(C)C)c(Nc4ccccc4)c3c2)cn1. The van der Waals surface area contributed by atoms with Crippen molar-refractivity contribution in [1.82, 2.24) is 15.3 Å². The van der Waals surface area contributed by atoms with Gasteiger partial charge in [-0.25, -0.2) is 0 Å². The Bertz CT molecular complexity index is 1280. The zero-order valence-corrected chi connectivity index (χ0v) is 20.4. The zero-order valence-electron chi connectivity index (χ0n) is 20.4. The molecule has 174 valence electrons. The van der Waals surface area contributed by atoms with E-state index in [1.165, 1.54) is 0 Å². The summed E-state index contributed by atoms with van der Waals surface area (Å²) < 4.78 is 0. The molecule has 0 saturated heterocycles. The fourth-order valence-electron chi connectivity index (χ4n) is 3.85. The number of unbranched alkanes of at least 4 members (excludes halogenated alkanes) is 1. The van der Waals surface area contributed by atoms with Crippen molar-refractivity contribution < 1.29 is 4.79 Å². The fourth-order valence-corrected chi connectivity index (χ4v) is 3.85. The molecule has 0 unspecified atom stereocenters. The van der Waals surface area contributed by atoms with Crippen LogP contribution in [-0.2, 0) is 6.42 Å². The van der Waals surface area contributed by atoms with Crippen molar-refractivity contribution in [3.63, 3.8) is 0 Å². The van der Waals surface area contributed by atoms with Crippen LogP contribution in [-0.4, -0.2) is 21.4 Å². The molecule has 0 aliphatic rings. The minimum absolute atomic E-state index is 0.160. The first-order valence-electron chi connectivity index (χ1n) is 11.9. The summed E-state index contributed by atoms with van der Waals surface area (Å²) in [4.78, 5) is 22.4. The number of pyridine rings is 2. The summed E-state index contributed by atoms with van der Waals surface area (Å²) in [5.41, 5.74) is 5.81. The highest BCUT2D eigenvalue weighted by atomic mass is 16.1. The first-order chi connectivity index (χ1) is 16.3. The van der Waals surface area contributed by atoms with Crippen LogP contribution in [0.15, 0.2) is 73.1 Å². The number of carbonyl (C=O) groups is 1. The number of hydrogen-bond acceptors (Lipinski definition) is 4. The number of anilines is 2. The van der Waals surface area contributed by atoms with E-state index in [2.05, 4.69) is 51.8 Å². The maximum Gasteiger partial charge on any atom is 0.255 e. The second kappa shape index (κ2) is 10.0. The molecule has 4 aromatic rings. The molecule has 2 heterocycles.